The van der Waals surface area contributed by atoms with Crippen molar-refractivity contribution in [1.29, 1.82) is 0 Å². The van der Waals surface area contributed by atoms with E-state index in [2.05, 4.69) is 48.0 Å². The molecule has 1 saturated carbocycles. The van der Waals surface area contributed by atoms with Crippen LogP contribution < -0.4 is 5.32 Å². The van der Waals surface area contributed by atoms with E-state index in [-0.39, 0.29) is 0 Å². The molecule has 104 valence electrons. The fourth-order valence-electron chi connectivity index (χ4n) is 2.38. The molecule has 1 N–H and O–H groups in total. The zero-order chi connectivity index (χ0) is 13.5. The SMILES string of the molecule is C=CCN(CC)Cc1ccccc1CCNC1CC1. The molecular formula is C17H26N2. The Bertz CT molecular complexity index is 396. The summed E-state index contributed by atoms with van der Waals surface area (Å²) in [5.41, 5.74) is 2.95. The van der Waals surface area contributed by atoms with Gasteiger partial charge in [0.15, 0.2) is 0 Å². The van der Waals surface area contributed by atoms with Crippen molar-refractivity contribution in [1.82, 2.24) is 10.2 Å². The van der Waals surface area contributed by atoms with Gasteiger partial charge in [0.1, 0.15) is 0 Å². The van der Waals surface area contributed by atoms with Crippen LogP contribution in [0.1, 0.15) is 30.9 Å². The molecular weight excluding hydrogens is 232 g/mol. The standard InChI is InChI=1S/C17H26N2/c1-3-13-19(4-2)14-16-8-6-5-7-15(16)11-12-18-17-9-10-17/h3,5-8,17-18H,1,4,9-14H2,2H3. The molecule has 0 aromatic heterocycles. The molecule has 2 nitrogen and oxygen atoms in total. The third kappa shape index (κ3) is 4.81. The van der Waals surface area contributed by atoms with Gasteiger partial charge in [0, 0.05) is 19.1 Å². The summed E-state index contributed by atoms with van der Waals surface area (Å²) in [5.74, 6) is 0. The lowest BCUT2D eigenvalue weighted by Gasteiger charge is -2.20. The van der Waals surface area contributed by atoms with E-state index >= 15 is 0 Å². The third-order valence-corrected chi connectivity index (χ3v) is 3.75. The molecule has 0 amide bonds. The maximum Gasteiger partial charge on any atom is 0.0239 e. The molecule has 0 bridgehead atoms. The van der Waals surface area contributed by atoms with Gasteiger partial charge in [0.2, 0.25) is 0 Å². The van der Waals surface area contributed by atoms with Crippen molar-refractivity contribution in [2.45, 2.75) is 38.8 Å². The number of likely N-dealkylation sites (N-methyl/N-ethyl adjacent to an activating group) is 1. The number of nitrogens with zero attached hydrogens (tertiary/aromatic N) is 1. The van der Waals surface area contributed by atoms with Gasteiger partial charge < -0.3 is 5.32 Å². The van der Waals surface area contributed by atoms with Gasteiger partial charge in [0.05, 0.1) is 0 Å². The molecule has 0 spiro atoms. The quantitative estimate of drug-likeness (QED) is 0.685. The van der Waals surface area contributed by atoms with Crippen LogP contribution >= 0.6 is 0 Å². The summed E-state index contributed by atoms with van der Waals surface area (Å²) in [4.78, 5) is 2.42. The molecule has 1 aliphatic rings. The molecule has 0 radical (unpaired) electrons. The van der Waals surface area contributed by atoms with Gasteiger partial charge in [-0.05, 0) is 43.5 Å². The van der Waals surface area contributed by atoms with Crippen LogP contribution in [-0.2, 0) is 13.0 Å². The van der Waals surface area contributed by atoms with Crippen LogP contribution in [0.4, 0.5) is 0 Å². The van der Waals surface area contributed by atoms with Gasteiger partial charge in [-0.2, -0.15) is 0 Å². The first-order chi connectivity index (χ1) is 9.33. The highest BCUT2D eigenvalue weighted by Gasteiger charge is 2.19. The average Bonchev–Trinajstić information content (AvgIpc) is 3.24. The summed E-state index contributed by atoms with van der Waals surface area (Å²) in [6, 6.07) is 9.64. The lowest BCUT2D eigenvalue weighted by Crippen LogP contribution is -2.24. The van der Waals surface area contributed by atoms with Gasteiger partial charge in [-0.15, -0.1) is 6.58 Å². The summed E-state index contributed by atoms with van der Waals surface area (Å²) in [5, 5.41) is 3.59. The van der Waals surface area contributed by atoms with Crippen LogP contribution in [0.5, 0.6) is 0 Å². The number of benzene rings is 1. The molecule has 0 saturated heterocycles. The Hall–Kier alpha value is -1.12. The van der Waals surface area contributed by atoms with Gasteiger partial charge in [0.25, 0.3) is 0 Å². The maximum absolute atomic E-state index is 3.84. The average molecular weight is 258 g/mol. The Morgan fingerprint density at radius 2 is 2.05 bits per heavy atom. The Balaban J connectivity index is 1.91. The highest BCUT2D eigenvalue weighted by atomic mass is 15.1. The van der Waals surface area contributed by atoms with Crippen molar-refractivity contribution in [2.24, 2.45) is 0 Å². The second-order valence-corrected chi connectivity index (χ2v) is 5.36. The van der Waals surface area contributed by atoms with Crippen LogP contribution in [0, 0.1) is 0 Å². The summed E-state index contributed by atoms with van der Waals surface area (Å²) in [6.07, 6.45) is 5.86. The van der Waals surface area contributed by atoms with Crippen LogP contribution in [-0.4, -0.2) is 30.6 Å². The minimum Gasteiger partial charge on any atom is -0.314 e. The molecule has 2 rings (SSSR count). The molecule has 1 fully saturated rings. The third-order valence-electron chi connectivity index (χ3n) is 3.75. The van der Waals surface area contributed by atoms with E-state index in [1.807, 2.05) is 6.08 Å². The van der Waals surface area contributed by atoms with E-state index in [0.717, 1.165) is 38.6 Å². The molecule has 2 heteroatoms. The van der Waals surface area contributed by atoms with Crippen LogP contribution in [0.15, 0.2) is 36.9 Å². The molecule has 0 unspecified atom stereocenters. The Morgan fingerprint density at radius 3 is 2.68 bits per heavy atom. The fourth-order valence-corrected chi connectivity index (χ4v) is 2.38. The minimum absolute atomic E-state index is 0.806. The van der Waals surface area contributed by atoms with Crippen molar-refractivity contribution in [3.63, 3.8) is 0 Å². The largest absolute Gasteiger partial charge is 0.314 e. The number of rotatable bonds is 9. The zero-order valence-corrected chi connectivity index (χ0v) is 12.1. The Morgan fingerprint density at radius 1 is 1.32 bits per heavy atom. The fraction of sp³-hybridized carbons (Fsp3) is 0.529. The van der Waals surface area contributed by atoms with E-state index in [9.17, 15) is 0 Å². The van der Waals surface area contributed by atoms with Gasteiger partial charge >= 0.3 is 0 Å². The minimum atomic E-state index is 0.806. The van der Waals surface area contributed by atoms with E-state index < -0.39 is 0 Å². The predicted octanol–water partition coefficient (Wildman–Crippen LogP) is 2.99. The lowest BCUT2D eigenvalue weighted by molar-refractivity contribution is 0.310. The highest BCUT2D eigenvalue weighted by Crippen LogP contribution is 2.19. The normalized spacial score (nSPS) is 14.8. The zero-order valence-electron chi connectivity index (χ0n) is 12.1. The predicted molar refractivity (Wildman–Crippen MR) is 82.3 cm³/mol. The van der Waals surface area contributed by atoms with Gasteiger partial charge in [-0.1, -0.05) is 37.3 Å². The van der Waals surface area contributed by atoms with Gasteiger partial charge in [-0.25, -0.2) is 0 Å². The first kappa shape index (κ1) is 14.3. The van der Waals surface area contributed by atoms with Crippen molar-refractivity contribution in [3.8, 4) is 0 Å². The Kier molecular flexibility index (Phi) is 5.62. The van der Waals surface area contributed by atoms with Crippen LogP contribution in [0.2, 0.25) is 0 Å². The van der Waals surface area contributed by atoms with E-state index in [1.54, 1.807) is 0 Å². The summed E-state index contributed by atoms with van der Waals surface area (Å²) in [6.45, 7) is 10.2. The van der Waals surface area contributed by atoms with Crippen molar-refractivity contribution < 1.29 is 0 Å². The van der Waals surface area contributed by atoms with Crippen LogP contribution in [0.25, 0.3) is 0 Å². The second-order valence-electron chi connectivity index (χ2n) is 5.36. The Labute approximate surface area is 117 Å². The molecule has 0 atom stereocenters. The van der Waals surface area contributed by atoms with E-state index in [4.69, 9.17) is 0 Å². The van der Waals surface area contributed by atoms with E-state index in [1.165, 1.54) is 24.0 Å². The first-order valence-corrected chi connectivity index (χ1v) is 7.47. The van der Waals surface area contributed by atoms with Crippen molar-refractivity contribution in [3.05, 3.63) is 48.0 Å². The first-order valence-electron chi connectivity index (χ1n) is 7.47. The highest BCUT2D eigenvalue weighted by molar-refractivity contribution is 5.27. The van der Waals surface area contributed by atoms with Gasteiger partial charge in [-0.3, -0.25) is 4.90 Å². The smallest absolute Gasteiger partial charge is 0.0239 e. The molecule has 19 heavy (non-hydrogen) atoms. The van der Waals surface area contributed by atoms with Crippen molar-refractivity contribution >= 4 is 0 Å². The van der Waals surface area contributed by atoms with Crippen LogP contribution in [0.3, 0.4) is 0 Å². The molecule has 1 aliphatic carbocycles. The number of nitrogens with one attached hydrogen (secondary N) is 1. The summed E-state index contributed by atoms with van der Waals surface area (Å²) < 4.78 is 0. The topological polar surface area (TPSA) is 15.3 Å². The summed E-state index contributed by atoms with van der Waals surface area (Å²) in [7, 11) is 0. The maximum atomic E-state index is 3.84. The second kappa shape index (κ2) is 7.46. The van der Waals surface area contributed by atoms with E-state index in [0.29, 0.717) is 0 Å². The molecule has 0 aliphatic heterocycles. The molecule has 1 aromatic rings. The van der Waals surface area contributed by atoms with Crippen molar-refractivity contribution in [2.75, 3.05) is 19.6 Å². The molecule has 1 aromatic carbocycles. The molecule has 0 heterocycles. The summed E-state index contributed by atoms with van der Waals surface area (Å²) >= 11 is 0. The number of hydrogen-bond acceptors (Lipinski definition) is 2. The monoisotopic (exact) mass is 258 g/mol. The number of hydrogen-bond donors (Lipinski definition) is 1. The lowest BCUT2D eigenvalue weighted by atomic mass is 10.0.